The van der Waals surface area contributed by atoms with Gasteiger partial charge in [0, 0.05) is 44.6 Å². The Labute approximate surface area is 224 Å². The lowest BCUT2D eigenvalue weighted by Gasteiger charge is -2.35. The van der Waals surface area contributed by atoms with E-state index in [0.29, 0.717) is 0 Å². The molecule has 0 radical (unpaired) electrons. The minimum Gasteiger partial charge on any atom is -0.456 e. The van der Waals surface area contributed by atoms with Gasteiger partial charge < -0.3 is 4.42 Å². The van der Waals surface area contributed by atoms with Crippen LogP contribution >= 0.6 is 0 Å². The van der Waals surface area contributed by atoms with Gasteiger partial charge in [-0.25, -0.2) is 4.98 Å². The molecule has 5 aromatic carbocycles. The van der Waals surface area contributed by atoms with Crippen molar-refractivity contribution in [1.82, 2.24) is 9.55 Å². The predicted molar refractivity (Wildman–Crippen MR) is 161 cm³/mol. The molecular weight excluding hydrogens is 476 g/mol. The molecule has 0 saturated carbocycles. The van der Waals surface area contributed by atoms with Crippen LogP contribution in [0.25, 0.3) is 71.5 Å². The molecule has 0 saturated heterocycles. The van der Waals surface area contributed by atoms with Crippen molar-refractivity contribution in [2.24, 2.45) is 0 Å². The quantitative estimate of drug-likeness (QED) is 0.225. The average molecular weight is 501 g/mol. The summed E-state index contributed by atoms with van der Waals surface area (Å²) in [6, 6.07) is 37.1. The van der Waals surface area contributed by atoms with Crippen LogP contribution in [0.15, 0.2) is 114 Å². The third kappa shape index (κ3) is 2.60. The van der Waals surface area contributed by atoms with Crippen molar-refractivity contribution in [2.45, 2.75) is 19.3 Å². The molecule has 3 heterocycles. The van der Waals surface area contributed by atoms with Crippen molar-refractivity contribution < 1.29 is 4.42 Å². The van der Waals surface area contributed by atoms with Gasteiger partial charge in [-0.1, -0.05) is 74.5 Å². The second-order valence-electron chi connectivity index (χ2n) is 11.2. The lowest BCUT2D eigenvalue weighted by atomic mass is 9.68. The van der Waals surface area contributed by atoms with E-state index >= 15 is 0 Å². The van der Waals surface area contributed by atoms with Crippen molar-refractivity contribution >= 4 is 54.6 Å². The van der Waals surface area contributed by atoms with Crippen molar-refractivity contribution in [3.63, 3.8) is 0 Å². The van der Waals surface area contributed by atoms with Gasteiger partial charge in [0.25, 0.3) is 0 Å². The van der Waals surface area contributed by atoms with Crippen molar-refractivity contribution in [3.8, 4) is 16.8 Å². The van der Waals surface area contributed by atoms with Gasteiger partial charge in [-0.05, 0) is 64.0 Å². The third-order valence-corrected chi connectivity index (χ3v) is 8.83. The third-order valence-electron chi connectivity index (χ3n) is 8.83. The van der Waals surface area contributed by atoms with Crippen LogP contribution in [0.5, 0.6) is 0 Å². The average Bonchev–Trinajstić information content (AvgIpc) is 3.51. The highest BCUT2D eigenvalue weighted by Crippen LogP contribution is 2.51. The van der Waals surface area contributed by atoms with Crippen molar-refractivity contribution in [2.75, 3.05) is 0 Å². The van der Waals surface area contributed by atoms with Gasteiger partial charge in [0.15, 0.2) is 0 Å². The summed E-state index contributed by atoms with van der Waals surface area (Å²) < 4.78 is 8.63. The number of benzene rings is 5. The Morgan fingerprint density at radius 1 is 0.615 bits per heavy atom. The Balaban J connectivity index is 1.47. The topological polar surface area (TPSA) is 31.0 Å². The molecule has 0 spiro atoms. The molecule has 0 fully saturated rings. The van der Waals surface area contributed by atoms with Crippen LogP contribution in [0.4, 0.5) is 0 Å². The van der Waals surface area contributed by atoms with Crippen LogP contribution < -0.4 is 0 Å². The zero-order valence-corrected chi connectivity index (χ0v) is 21.7. The smallest absolute Gasteiger partial charge is 0.145 e. The predicted octanol–water partition coefficient (Wildman–Crippen LogP) is 9.54. The second-order valence-corrected chi connectivity index (χ2v) is 11.2. The number of hydrogen-bond acceptors (Lipinski definition) is 2. The fourth-order valence-corrected chi connectivity index (χ4v) is 7.05. The lowest BCUT2D eigenvalue weighted by molar-refractivity contribution is 0.645. The molecule has 0 atom stereocenters. The summed E-state index contributed by atoms with van der Waals surface area (Å²) in [7, 11) is 0. The normalized spacial score (nSPS) is 14.1. The van der Waals surface area contributed by atoms with Gasteiger partial charge in [0.05, 0.1) is 11.2 Å². The number of furan rings is 1. The van der Waals surface area contributed by atoms with E-state index in [1.54, 1.807) is 0 Å². The highest BCUT2D eigenvalue weighted by Gasteiger charge is 2.34. The number of aromatic nitrogens is 2. The number of fused-ring (bicyclic) bond motifs is 9. The largest absolute Gasteiger partial charge is 0.456 e. The molecule has 0 bridgehead atoms. The Hall–Kier alpha value is -4.89. The van der Waals surface area contributed by atoms with Crippen LogP contribution in [0, 0.1) is 0 Å². The summed E-state index contributed by atoms with van der Waals surface area (Å²) in [6.45, 7) is 4.70. The van der Waals surface area contributed by atoms with E-state index in [-0.39, 0.29) is 5.41 Å². The fraction of sp³-hybridized carbons (Fsp3) is 0.0833. The summed E-state index contributed by atoms with van der Waals surface area (Å²) in [5.41, 5.74) is 10.3. The maximum absolute atomic E-state index is 6.30. The zero-order valence-electron chi connectivity index (χ0n) is 21.7. The highest BCUT2D eigenvalue weighted by molar-refractivity contribution is 6.23. The number of hydrogen-bond donors (Lipinski definition) is 0. The van der Waals surface area contributed by atoms with Crippen molar-refractivity contribution in [3.05, 3.63) is 120 Å². The molecule has 0 amide bonds. The SMILES string of the molecule is CC1(C)c2ccccc2-c2cc3c4cccnc4n(-c4ccc5c(c4)oc4ccccc45)c3c3cccc1c23. The van der Waals surface area contributed by atoms with Crippen LogP contribution in [0.1, 0.15) is 25.0 Å². The fourth-order valence-electron chi connectivity index (χ4n) is 7.05. The second kappa shape index (κ2) is 7.15. The maximum atomic E-state index is 6.30. The first-order valence-corrected chi connectivity index (χ1v) is 13.5. The Morgan fingerprint density at radius 3 is 2.33 bits per heavy atom. The summed E-state index contributed by atoms with van der Waals surface area (Å²) in [5, 5.41) is 7.24. The number of rotatable bonds is 1. The van der Waals surface area contributed by atoms with E-state index < -0.39 is 0 Å². The molecule has 0 N–H and O–H groups in total. The molecule has 3 heteroatoms. The first-order chi connectivity index (χ1) is 19.1. The first kappa shape index (κ1) is 21.1. The highest BCUT2D eigenvalue weighted by atomic mass is 16.3. The molecule has 1 aliphatic rings. The Kier molecular flexibility index (Phi) is 3.86. The van der Waals surface area contributed by atoms with Crippen molar-refractivity contribution in [1.29, 1.82) is 0 Å². The first-order valence-electron chi connectivity index (χ1n) is 13.5. The summed E-state index contributed by atoms with van der Waals surface area (Å²) in [4.78, 5) is 4.92. The molecule has 9 rings (SSSR count). The number of para-hydroxylation sites is 1. The minimum absolute atomic E-state index is 0.0982. The summed E-state index contributed by atoms with van der Waals surface area (Å²) >= 11 is 0. The molecule has 184 valence electrons. The molecule has 1 aliphatic carbocycles. The van der Waals surface area contributed by atoms with Gasteiger partial charge in [-0.15, -0.1) is 0 Å². The molecule has 39 heavy (non-hydrogen) atoms. The van der Waals surface area contributed by atoms with Gasteiger partial charge in [0.1, 0.15) is 16.8 Å². The molecule has 8 aromatic rings. The van der Waals surface area contributed by atoms with E-state index in [4.69, 9.17) is 9.40 Å². The molecular formula is C36H24N2O. The van der Waals surface area contributed by atoms with Gasteiger partial charge in [-0.3, -0.25) is 4.57 Å². The van der Waals surface area contributed by atoms with Crippen LogP contribution in [0.3, 0.4) is 0 Å². The maximum Gasteiger partial charge on any atom is 0.145 e. The molecule has 3 nitrogen and oxygen atoms in total. The molecule has 0 aliphatic heterocycles. The monoisotopic (exact) mass is 500 g/mol. The van der Waals surface area contributed by atoms with Crippen LogP contribution in [-0.4, -0.2) is 9.55 Å². The van der Waals surface area contributed by atoms with E-state index in [1.165, 1.54) is 43.9 Å². The Bertz CT molecular complexity index is 2320. The van der Waals surface area contributed by atoms with Crippen LogP contribution in [-0.2, 0) is 5.41 Å². The van der Waals surface area contributed by atoms with E-state index in [9.17, 15) is 0 Å². The number of pyridine rings is 1. The van der Waals surface area contributed by atoms with Gasteiger partial charge >= 0.3 is 0 Å². The van der Waals surface area contributed by atoms with E-state index in [1.807, 2.05) is 24.4 Å². The summed E-state index contributed by atoms with van der Waals surface area (Å²) in [6.07, 6.45) is 1.89. The lowest BCUT2D eigenvalue weighted by Crippen LogP contribution is -2.23. The summed E-state index contributed by atoms with van der Waals surface area (Å²) in [5.74, 6) is 0. The zero-order chi connectivity index (χ0) is 25.9. The van der Waals surface area contributed by atoms with E-state index in [2.05, 4.69) is 103 Å². The molecule has 3 aromatic heterocycles. The molecule has 0 unspecified atom stereocenters. The number of nitrogens with zero attached hydrogens (tertiary/aromatic N) is 2. The minimum atomic E-state index is -0.0982. The van der Waals surface area contributed by atoms with Gasteiger partial charge in [-0.2, -0.15) is 0 Å². The van der Waals surface area contributed by atoms with Crippen LogP contribution in [0.2, 0.25) is 0 Å². The van der Waals surface area contributed by atoms with E-state index in [0.717, 1.165) is 38.7 Å². The Morgan fingerprint density at radius 2 is 1.38 bits per heavy atom. The standard InChI is InChI=1S/C36H24N2O/c1-36(2)29-13-5-3-9-22(29)27-20-28-25-12-8-18-37-35(25)38(34(28)26-11-7-14-30(36)33(26)27)21-16-17-24-23-10-4-6-15-31(23)39-32(24)19-21/h3-20H,1-2H3. The van der Waals surface area contributed by atoms with Gasteiger partial charge in [0.2, 0.25) is 0 Å².